The van der Waals surface area contributed by atoms with Crippen molar-refractivity contribution >= 4 is 22.2 Å². The molecule has 2 aromatic heterocycles. The maximum Gasteiger partial charge on any atom is 0.271 e. The number of aromatic nitrogens is 2. The van der Waals surface area contributed by atoms with E-state index in [0.29, 0.717) is 24.3 Å². The van der Waals surface area contributed by atoms with Crippen LogP contribution < -0.4 is 10.9 Å². The molecule has 0 aliphatic rings. The van der Waals surface area contributed by atoms with E-state index in [-0.39, 0.29) is 11.1 Å². The summed E-state index contributed by atoms with van der Waals surface area (Å²) < 4.78 is 1.35. The topological polar surface area (TPSA) is 83.7 Å². The highest BCUT2D eigenvalue weighted by molar-refractivity contribution is 7.15. The molecule has 0 aliphatic heterocycles. The van der Waals surface area contributed by atoms with Gasteiger partial charge in [-0.05, 0) is 12.8 Å². The quantitative estimate of drug-likeness (QED) is 0.842. The molecule has 0 fully saturated rings. The molecule has 7 heteroatoms. The minimum absolute atomic E-state index is 0.0156. The van der Waals surface area contributed by atoms with Gasteiger partial charge in [0.15, 0.2) is 4.96 Å². The Balaban J connectivity index is 2.09. The van der Waals surface area contributed by atoms with Crippen LogP contribution in [0.15, 0.2) is 22.6 Å². The van der Waals surface area contributed by atoms with E-state index < -0.39 is 12.0 Å². The first-order chi connectivity index (χ1) is 9.13. The number of hydrogen-bond donors (Lipinski definition) is 2. The van der Waals surface area contributed by atoms with Crippen molar-refractivity contribution in [1.29, 1.82) is 0 Å². The van der Waals surface area contributed by atoms with Gasteiger partial charge in [-0.3, -0.25) is 14.0 Å². The fourth-order valence-electron chi connectivity index (χ4n) is 1.63. The summed E-state index contributed by atoms with van der Waals surface area (Å²) in [6.45, 7) is 2.20. The minimum atomic E-state index is -0.457. The van der Waals surface area contributed by atoms with Crippen molar-refractivity contribution in [3.8, 4) is 0 Å². The van der Waals surface area contributed by atoms with Crippen LogP contribution in [0.1, 0.15) is 30.1 Å². The summed E-state index contributed by atoms with van der Waals surface area (Å²) in [6.07, 6.45) is 3.56. The molecule has 0 bridgehead atoms. The number of nitrogens with zero attached hydrogens (tertiary/aromatic N) is 2. The molecule has 0 aliphatic carbocycles. The van der Waals surface area contributed by atoms with Crippen molar-refractivity contribution in [1.82, 2.24) is 14.7 Å². The summed E-state index contributed by atoms with van der Waals surface area (Å²) in [4.78, 5) is 28.5. The van der Waals surface area contributed by atoms with Gasteiger partial charge in [-0.15, -0.1) is 11.3 Å². The maximum atomic E-state index is 12.0. The smallest absolute Gasteiger partial charge is 0.271 e. The molecule has 0 saturated carbocycles. The lowest BCUT2D eigenvalue weighted by molar-refractivity contribution is 0.0940. The third kappa shape index (κ3) is 2.99. The van der Waals surface area contributed by atoms with E-state index in [1.165, 1.54) is 21.9 Å². The molecule has 2 aromatic rings. The van der Waals surface area contributed by atoms with Crippen LogP contribution in [0.2, 0.25) is 0 Å². The van der Waals surface area contributed by atoms with Crippen molar-refractivity contribution in [2.45, 2.75) is 25.9 Å². The number of aliphatic hydroxyl groups excluding tert-OH is 1. The van der Waals surface area contributed by atoms with Crippen LogP contribution in [0.3, 0.4) is 0 Å². The van der Waals surface area contributed by atoms with Gasteiger partial charge < -0.3 is 10.4 Å². The third-order valence-electron chi connectivity index (χ3n) is 2.82. The molecule has 6 nitrogen and oxygen atoms in total. The summed E-state index contributed by atoms with van der Waals surface area (Å²) in [6, 6.07) is 0. The zero-order valence-electron chi connectivity index (χ0n) is 10.5. The second-order valence-corrected chi connectivity index (χ2v) is 5.01. The Morgan fingerprint density at radius 2 is 2.42 bits per heavy atom. The maximum absolute atomic E-state index is 12.0. The minimum Gasteiger partial charge on any atom is -0.393 e. The molecular formula is C12H15N3O3S. The van der Waals surface area contributed by atoms with E-state index in [2.05, 4.69) is 10.3 Å². The van der Waals surface area contributed by atoms with Gasteiger partial charge in [-0.2, -0.15) is 0 Å². The average molecular weight is 281 g/mol. The van der Waals surface area contributed by atoms with Crippen molar-refractivity contribution in [2.75, 3.05) is 6.54 Å². The first-order valence-electron chi connectivity index (χ1n) is 6.04. The van der Waals surface area contributed by atoms with E-state index >= 15 is 0 Å². The molecule has 0 spiro atoms. The van der Waals surface area contributed by atoms with Gasteiger partial charge in [0.25, 0.3) is 11.5 Å². The number of amides is 1. The van der Waals surface area contributed by atoms with Crippen molar-refractivity contribution in [3.63, 3.8) is 0 Å². The van der Waals surface area contributed by atoms with E-state index in [1.54, 1.807) is 11.6 Å². The highest BCUT2D eigenvalue weighted by atomic mass is 32.1. The molecule has 102 valence electrons. The highest BCUT2D eigenvalue weighted by Gasteiger charge is 2.13. The van der Waals surface area contributed by atoms with Crippen molar-refractivity contribution < 1.29 is 9.90 Å². The van der Waals surface area contributed by atoms with Crippen LogP contribution in [-0.2, 0) is 0 Å². The monoisotopic (exact) mass is 281 g/mol. The van der Waals surface area contributed by atoms with E-state index in [1.807, 2.05) is 6.92 Å². The first kappa shape index (κ1) is 13.7. The van der Waals surface area contributed by atoms with Crippen molar-refractivity contribution in [2.24, 2.45) is 0 Å². The standard InChI is InChI=1S/C12H15N3O3S/c1-2-8(16)3-4-13-10(17)9-7-14-12-15(11(9)18)5-6-19-12/h5-8,16H,2-4H2,1H3,(H,13,17). The lowest BCUT2D eigenvalue weighted by Gasteiger charge is -2.08. The first-order valence-corrected chi connectivity index (χ1v) is 6.92. The molecule has 1 atom stereocenters. The van der Waals surface area contributed by atoms with Crippen LogP contribution >= 0.6 is 11.3 Å². The SMILES string of the molecule is CCC(O)CCNC(=O)c1cnc2sccn2c1=O. The van der Waals surface area contributed by atoms with Gasteiger partial charge in [-0.25, -0.2) is 4.98 Å². The second kappa shape index (κ2) is 5.94. The normalized spacial score (nSPS) is 12.5. The lowest BCUT2D eigenvalue weighted by Crippen LogP contribution is -2.32. The molecule has 0 radical (unpaired) electrons. The number of aliphatic hydroxyl groups is 1. The average Bonchev–Trinajstić information content (AvgIpc) is 2.88. The molecule has 19 heavy (non-hydrogen) atoms. The van der Waals surface area contributed by atoms with Crippen LogP contribution in [0.25, 0.3) is 4.96 Å². The summed E-state index contributed by atoms with van der Waals surface area (Å²) in [5.41, 5.74) is -0.360. The molecule has 2 rings (SSSR count). The molecule has 2 N–H and O–H groups in total. The van der Waals surface area contributed by atoms with E-state index in [0.717, 1.165) is 0 Å². The highest BCUT2D eigenvalue weighted by Crippen LogP contribution is 2.05. The molecule has 0 aromatic carbocycles. The van der Waals surface area contributed by atoms with Crippen LogP contribution in [0.4, 0.5) is 0 Å². The number of thiazole rings is 1. The predicted octanol–water partition coefficient (Wildman–Crippen LogP) is 0.647. The van der Waals surface area contributed by atoms with Crippen molar-refractivity contribution in [3.05, 3.63) is 33.7 Å². The summed E-state index contributed by atoms with van der Waals surface area (Å²) in [5.74, 6) is -0.457. The number of rotatable bonds is 5. The molecule has 2 heterocycles. The Kier molecular flexibility index (Phi) is 4.28. The van der Waals surface area contributed by atoms with Gasteiger partial charge >= 0.3 is 0 Å². The number of carbonyl (C=O) groups excluding carboxylic acids is 1. The van der Waals surface area contributed by atoms with Crippen LogP contribution in [-0.4, -0.2) is 33.0 Å². The third-order valence-corrected chi connectivity index (χ3v) is 3.59. The number of carbonyl (C=O) groups is 1. The van der Waals surface area contributed by atoms with Crippen LogP contribution in [0, 0.1) is 0 Å². The zero-order chi connectivity index (χ0) is 13.8. The predicted molar refractivity (Wildman–Crippen MR) is 72.6 cm³/mol. The Morgan fingerprint density at radius 1 is 1.63 bits per heavy atom. The zero-order valence-corrected chi connectivity index (χ0v) is 11.3. The van der Waals surface area contributed by atoms with Gasteiger partial charge in [0.2, 0.25) is 0 Å². The molecule has 1 amide bonds. The Morgan fingerprint density at radius 3 is 3.16 bits per heavy atom. The Hall–Kier alpha value is -1.73. The summed E-state index contributed by atoms with van der Waals surface area (Å²) in [7, 11) is 0. The fourth-order valence-corrected chi connectivity index (χ4v) is 2.31. The lowest BCUT2D eigenvalue weighted by atomic mass is 10.2. The number of nitrogens with one attached hydrogen (secondary N) is 1. The number of hydrogen-bond acceptors (Lipinski definition) is 5. The number of fused-ring (bicyclic) bond motifs is 1. The van der Waals surface area contributed by atoms with Gasteiger partial charge in [0.05, 0.1) is 6.10 Å². The summed E-state index contributed by atoms with van der Waals surface area (Å²) >= 11 is 1.33. The summed E-state index contributed by atoms with van der Waals surface area (Å²) in [5, 5.41) is 13.7. The molecule has 0 saturated heterocycles. The van der Waals surface area contributed by atoms with Crippen LogP contribution in [0.5, 0.6) is 0 Å². The largest absolute Gasteiger partial charge is 0.393 e. The van der Waals surface area contributed by atoms with E-state index in [9.17, 15) is 14.7 Å². The fraction of sp³-hybridized carbons (Fsp3) is 0.417. The van der Waals surface area contributed by atoms with Gasteiger partial charge in [0.1, 0.15) is 5.56 Å². The van der Waals surface area contributed by atoms with Gasteiger partial charge in [-0.1, -0.05) is 6.92 Å². The Bertz CT molecular complexity index is 634. The Labute approximate surface area is 113 Å². The van der Waals surface area contributed by atoms with Gasteiger partial charge in [0, 0.05) is 24.3 Å². The molecular weight excluding hydrogens is 266 g/mol. The second-order valence-electron chi connectivity index (χ2n) is 4.14. The molecule has 1 unspecified atom stereocenters. The van der Waals surface area contributed by atoms with E-state index in [4.69, 9.17) is 0 Å².